The van der Waals surface area contributed by atoms with E-state index in [9.17, 15) is 9.18 Å². The maximum absolute atomic E-state index is 13.7. The van der Waals surface area contributed by atoms with Crippen LogP contribution in [-0.2, 0) is 0 Å². The van der Waals surface area contributed by atoms with Crippen molar-refractivity contribution >= 4 is 29.3 Å². The maximum Gasteiger partial charge on any atom is 0.257 e. The average molecular weight is 285 g/mol. The summed E-state index contributed by atoms with van der Waals surface area (Å²) < 4.78 is 13.7. The van der Waals surface area contributed by atoms with Gasteiger partial charge in [-0.25, -0.2) is 4.39 Å². The van der Waals surface area contributed by atoms with Gasteiger partial charge >= 0.3 is 0 Å². The molecule has 18 heavy (non-hydrogen) atoms. The highest BCUT2D eigenvalue weighted by Crippen LogP contribution is 2.21. The molecule has 1 aromatic carbocycles. The molecule has 3 nitrogen and oxygen atoms in total. The van der Waals surface area contributed by atoms with Crippen LogP contribution in [0.5, 0.6) is 0 Å². The fourth-order valence-corrected chi connectivity index (χ4v) is 2.90. The minimum atomic E-state index is -0.651. The Bertz CT molecular complexity index is 517. The van der Waals surface area contributed by atoms with Crippen molar-refractivity contribution in [2.45, 2.75) is 6.04 Å². The Kier molecular flexibility index (Phi) is 4.10. The van der Waals surface area contributed by atoms with Gasteiger partial charge in [0.05, 0.1) is 11.6 Å². The molecule has 1 atom stereocenters. The molecule has 1 saturated heterocycles. The predicted octanol–water partition coefficient (Wildman–Crippen LogP) is 2.56. The van der Waals surface area contributed by atoms with Crippen LogP contribution < -0.4 is 0 Å². The van der Waals surface area contributed by atoms with Crippen LogP contribution in [0, 0.1) is 17.1 Å². The Labute approximate surface area is 114 Å². The van der Waals surface area contributed by atoms with Crippen molar-refractivity contribution in [2.24, 2.45) is 0 Å². The number of rotatable bonds is 1. The van der Waals surface area contributed by atoms with Gasteiger partial charge in [0, 0.05) is 23.1 Å². The second-order valence-corrected chi connectivity index (χ2v) is 5.43. The summed E-state index contributed by atoms with van der Waals surface area (Å²) in [7, 11) is 0. The third-order valence-electron chi connectivity index (χ3n) is 2.70. The van der Waals surface area contributed by atoms with E-state index in [0.717, 1.165) is 11.8 Å². The Morgan fingerprint density at radius 2 is 2.39 bits per heavy atom. The first-order valence-electron chi connectivity index (χ1n) is 5.37. The molecular formula is C12H10ClFN2OS. The molecule has 0 aliphatic carbocycles. The van der Waals surface area contributed by atoms with Crippen molar-refractivity contribution in [3.63, 3.8) is 0 Å². The molecule has 1 aliphatic heterocycles. The highest BCUT2D eigenvalue weighted by atomic mass is 35.5. The summed E-state index contributed by atoms with van der Waals surface area (Å²) in [5.41, 5.74) is -0.0356. The normalized spacial score (nSPS) is 19.4. The van der Waals surface area contributed by atoms with Crippen LogP contribution in [0.1, 0.15) is 10.4 Å². The topological polar surface area (TPSA) is 44.1 Å². The van der Waals surface area contributed by atoms with E-state index in [4.69, 9.17) is 16.9 Å². The maximum atomic E-state index is 13.7. The van der Waals surface area contributed by atoms with Gasteiger partial charge in [0.15, 0.2) is 0 Å². The van der Waals surface area contributed by atoms with Gasteiger partial charge in [0.1, 0.15) is 11.9 Å². The lowest BCUT2D eigenvalue weighted by Crippen LogP contribution is -2.45. The highest BCUT2D eigenvalue weighted by Gasteiger charge is 2.29. The van der Waals surface area contributed by atoms with Crippen molar-refractivity contribution < 1.29 is 9.18 Å². The lowest BCUT2D eigenvalue weighted by Gasteiger charge is -2.31. The molecule has 0 saturated carbocycles. The second-order valence-electron chi connectivity index (χ2n) is 3.84. The van der Waals surface area contributed by atoms with Gasteiger partial charge < -0.3 is 4.90 Å². The van der Waals surface area contributed by atoms with Gasteiger partial charge in [-0.05, 0) is 18.2 Å². The van der Waals surface area contributed by atoms with E-state index in [1.807, 2.05) is 0 Å². The van der Waals surface area contributed by atoms with E-state index >= 15 is 0 Å². The summed E-state index contributed by atoms with van der Waals surface area (Å²) in [6.07, 6.45) is 0. The lowest BCUT2D eigenvalue weighted by molar-refractivity contribution is 0.0733. The van der Waals surface area contributed by atoms with Crippen LogP contribution in [0.25, 0.3) is 0 Å². The molecular weight excluding hydrogens is 275 g/mol. The van der Waals surface area contributed by atoms with Crippen molar-refractivity contribution in [2.75, 3.05) is 18.1 Å². The number of carbonyl (C=O) groups is 1. The van der Waals surface area contributed by atoms with Gasteiger partial charge in [0.2, 0.25) is 0 Å². The van der Waals surface area contributed by atoms with E-state index in [2.05, 4.69) is 6.07 Å². The molecule has 1 aliphatic rings. The van der Waals surface area contributed by atoms with Crippen LogP contribution in [0.4, 0.5) is 4.39 Å². The standard InChI is InChI=1S/C12H10ClFN2OS/c13-8-1-2-10(11(14)5-8)12(17)16-3-4-18-7-9(16)6-15/h1-2,5,9H,3-4,7H2/t9-/m0/s1. The second kappa shape index (κ2) is 5.59. The Morgan fingerprint density at radius 1 is 1.61 bits per heavy atom. The molecule has 0 aromatic heterocycles. The molecule has 1 fully saturated rings. The zero-order valence-electron chi connectivity index (χ0n) is 9.40. The largest absolute Gasteiger partial charge is 0.321 e. The van der Waals surface area contributed by atoms with Crippen LogP contribution in [0.2, 0.25) is 5.02 Å². The van der Waals surface area contributed by atoms with E-state index in [1.54, 1.807) is 11.8 Å². The van der Waals surface area contributed by atoms with Crippen molar-refractivity contribution in [1.82, 2.24) is 4.90 Å². The Morgan fingerprint density at radius 3 is 3.06 bits per heavy atom. The number of carbonyl (C=O) groups excluding carboxylic acids is 1. The Balaban J connectivity index is 2.27. The molecule has 2 rings (SSSR count). The first-order chi connectivity index (χ1) is 8.63. The van der Waals surface area contributed by atoms with Crippen LogP contribution in [0.15, 0.2) is 18.2 Å². The molecule has 0 unspecified atom stereocenters. The first kappa shape index (κ1) is 13.2. The number of nitrogens with zero attached hydrogens (tertiary/aromatic N) is 2. The van der Waals surface area contributed by atoms with Crippen LogP contribution in [0.3, 0.4) is 0 Å². The molecule has 6 heteroatoms. The van der Waals surface area contributed by atoms with Crippen LogP contribution in [-0.4, -0.2) is 34.9 Å². The highest BCUT2D eigenvalue weighted by molar-refractivity contribution is 7.99. The number of halogens is 2. The van der Waals surface area contributed by atoms with Gasteiger partial charge in [0.25, 0.3) is 5.91 Å². The van der Waals surface area contributed by atoms with E-state index < -0.39 is 17.8 Å². The number of amides is 1. The molecule has 1 heterocycles. The fourth-order valence-electron chi connectivity index (χ4n) is 1.77. The quantitative estimate of drug-likeness (QED) is 0.796. The number of benzene rings is 1. The number of hydrogen-bond donors (Lipinski definition) is 0. The summed E-state index contributed by atoms with van der Waals surface area (Å²) in [4.78, 5) is 13.6. The molecule has 1 aromatic rings. The van der Waals surface area contributed by atoms with Crippen molar-refractivity contribution in [3.05, 3.63) is 34.6 Å². The molecule has 0 radical (unpaired) electrons. The van der Waals surface area contributed by atoms with Crippen molar-refractivity contribution in [3.8, 4) is 6.07 Å². The molecule has 1 amide bonds. The van der Waals surface area contributed by atoms with E-state index in [1.165, 1.54) is 17.0 Å². The average Bonchev–Trinajstić information content (AvgIpc) is 2.38. The molecule has 94 valence electrons. The fraction of sp³-hybridized carbons (Fsp3) is 0.333. The number of hydrogen-bond acceptors (Lipinski definition) is 3. The number of thioether (sulfide) groups is 1. The third kappa shape index (κ3) is 2.60. The van der Waals surface area contributed by atoms with Gasteiger partial charge in [-0.2, -0.15) is 17.0 Å². The Hall–Kier alpha value is -1.25. The third-order valence-corrected chi connectivity index (χ3v) is 3.96. The van der Waals surface area contributed by atoms with Gasteiger partial charge in [-0.15, -0.1) is 0 Å². The number of nitriles is 1. The molecule has 0 N–H and O–H groups in total. The monoisotopic (exact) mass is 284 g/mol. The molecule has 0 bridgehead atoms. The first-order valence-corrected chi connectivity index (χ1v) is 6.90. The lowest BCUT2D eigenvalue weighted by atomic mass is 10.1. The summed E-state index contributed by atoms with van der Waals surface area (Å²) in [5, 5.41) is 9.24. The minimum Gasteiger partial charge on any atom is -0.321 e. The smallest absolute Gasteiger partial charge is 0.257 e. The van der Waals surface area contributed by atoms with Crippen molar-refractivity contribution in [1.29, 1.82) is 5.26 Å². The summed E-state index contributed by atoms with van der Waals surface area (Å²) in [6, 6.07) is 5.51. The minimum absolute atomic E-state index is 0.0356. The summed E-state index contributed by atoms with van der Waals surface area (Å²) >= 11 is 7.26. The van der Waals surface area contributed by atoms with Crippen LogP contribution >= 0.6 is 23.4 Å². The van der Waals surface area contributed by atoms with Gasteiger partial charge in [-0.3, -0.25) is 4.79 Å². The SMILES string of the molecule is N#C[C@H]1CSCCN1C(=O)c1ccc(Cl)cc1F. The molecule has 0 spiro atoms. The zero-order chi connectivity index (χ0) is 13.1. The van der Waals surface area contributed by atoms with E-state index in [-0.39, 0.29) is 10.6 Å². The summed E-state index contributed by atoms with van der Waals surface area (Å²) in [5.74, 6) is 0.231. The predicted molar refractivity (Wildman–Crippen MR) is 69.2 cm³/mol. The zero-order valence-corrected chi connectivity index (χ0v) is 11.0. The summed E-state index contributed by atoms with van der Waals surface area (Å²) in [6.45, 7) is 0.462. The van der Waals surface area contributed by atoms with E-state index in [0.29, 0.717) is 12.3 Å². The van der Waals surface area contributed by atoms with Gasteiger partial charge in [-0.1, -0.05) is 11.6 Å².